The maximum atomic E-state index is 4.16. The fourth-order valence-electron chi connectivity index (χ4n) is 2.55. The van der Waals surface area contributed by atoms with Crippen LogP contribution in [0.5, 0.6) is 0 Å². The molecule has 0 aromatic rings. The van der Waals surface area contributed by atoms with Crippen LogP contribution in [0.2, 0.25) is 0 Å². The molecule has 0 bridgehead atoms. The summed E-state index contributed by atoms with van der Waals surface area (Å²) in [7, 11) is 1.80. The number of rotatable bonds is 7. The van der Waals surface area contributed by atoms with Crippen molar-refractivity contribution in [1.29, 1.82) is 0 Å². The van der Waals surface area contributed by atoms with E-state index in [0.29, 0.717) is 0 Å². The van der Waals surface area contributed by atoms with Gasteiger partial charge in [-0.3, -0.25) is 4.99 Å². The summed E-state index contributed by atoms with van der Waals surface area (Å²) in [6, 6.07) is 0. The molecule has 1 fully saturated rings. The largest absolute Gasteiger partial charge is 0.356 e. The molecule has 2 N–H and O–H groups in total. The number of aliphatic imine (C=N–C) groups is 1. The minimum absolute atomic E-state index is 0.755. The first-order chi connectivity index (χ1) is 9.26. The molecule has 0 radical (unpaired) electrons. The van der Waals surface area contributed by atoms with Gasteiger partial charge in [0.25, 0.3) is 0 Å². The van der Waals surface area contributed by atoms with Crippen molar-refractivity contribution in [1.82, 2.24) is 15.5 Å². The Morgan fingerprint density at radius 1 is 1.42 bits per heavy atom. The van der Waals surface area contributed by atoms with Crippen LogP contribution in [-0.4, -0.2) is 50.6 Å². The number of piperidine rings is 1. The van der Waals surface area contributed by atoms with Crippen molar-refractivity contribution in [3.63, 3.8) is 0 Å². The molecule has 1 aliphatic heterocycles. The van der Waals surface area contributed by atoms with Crippen LogP contribution >= 0.6 is 0 Å². The summed E-state index contributed by atoms with van der Waals surface area (Å²) in [6.45, 7) is 11.6. The summed E-state index contributed by atoms with van der Waals surface area (Å²) in [5, 5.41) is 6.50. The van der Waals surface area contributed by atoms with Gasteiger partial charge < -0.3 is 15.5 Å². The summed E-state index contributed by atoms with van der Waals surface area (Å²) in [6.07, 6.45) is 7.07. The number of guanidine groups is 1. The van der Waals surface area contributed by atoms with Gasteiger partial charge in [-0.15, -0.1) is 6.58 Å². The Bertz CT molecular complexity index is 275. The van der Waals surface area contributed by atoms with Gasteiger partial charge in [-0.05, 0) is 44.7 Å². The van der Waals surface area contributed by atoms with Crippen LogP contribution in [0.4, 0.5) is 0 Å². The van der Waals surface area contributed by atoms with Gasteiger partial charge in [0.2, 0.25) is 0 Å². The summed E-state index contributed by atoms with van der Waals surface area (Å²) >= 11 is 0. The second kappa shape index (κ2) is 9.84. The first kappa shape index (κ1) is 16.0. The van der Waals surface area contributed by atoms with Gasteiger partial charge in [0.05, 0.1) is 0 Å². The Balaban J connectivity index is 2.02. The molecule has 4 nitrogen and oxygen atoms in total. The third kappa shape index (κ3) is 7.21. The summed E-state index contributed by atoms with van der Waals surface area (Å²) < 4.78 is 0. The number of nitrogens with one attached hydrogen (secondary N) is 2. The highest BCUT2D eigenvalue weighted by molar-refractivity contribution is 5.79. The average Bonchev–Trinajstić information content (AvgIpc) is 2.42. The minimum Gasteiger partial charge on any atom is -0.356 e. The van der Waals surface area contributed by atoms with Crippen LogP contribution in [0.25, 0.3) is 0 Å². The monoisotopic (exact) mass is 266 g/mol. The zero-order valence-electron chi connectivity index (χ0n) is 12.6. The first-order valence-electron chi connectivity index (χ1n) is 7.54. The molecular formula is C15H30N4. The summed E-state index contributed by atoms with van der Waals surface area (Å²) in [4.78, 5) is 6.77. The van der Waals surface area contributed by atoms with Gasteiger partial charge >= 0.3 is 0 Å². The van der Waals surface area contributed by atoms with E-state index in [1.54, 1.807) is 7.05 Å². The van der Waals surface area contributed by atoms with Crippen molar-refractivity contribution in [2.75, 3.05) is 39.8 Å². The van der Waals surface area contributed by atoms with Crippen molar-refractivity contribution in [2.24, 2.45) is 10.9 Å². The summed E-state index contributed by atoms with van der Waals surface area (Å²) in [5.41, 5.74) is 0. The topological polar surface area (TPSA) is 39.7 Å². The predicted octanol–water partition coefficient (Wildman–Crippen LogP) is 1.85. The lowest BCUT2D eigenvalue weighted by atomic mass is 10.0. The van der Waals surface area contributed by atoms with Crippen LogP contribution < -0.4 is 10.6 Å². The van der Waals surface area contributed by atoms with Crippen molar-refractivity contribution >= 4 is 5.96 Å². The van der Waals surface area contributed by atoms with Crippen molar-refractivity contribution in [3.8, 4) is 0 Å². The minimum atomic E-state index is 0.755. The number of likely N-dealkylation sites (tertiary alicyclic amines) is 1. The fraction of sp³-hybridized carbons (Fsp3) is 0.800. The molecule has 110 valence electrons. The third-order valence-electron chi connectivity index (χ3n) is 3.57. The number of hydrogen-bond acceptors (Lipinski definition) is 2. The lowest BCUT2D eigenvalue weighted by molar-refractivity contribution is 0.181. The fourth-order valence-corrected chi connectivity index (χ4v) is 2.55. The zero-order valence-corrected chi connectivity index (χ0v) is 12.6. The van der Waals surface area contributed by atoms with Crippen molar-refractivity contribution < 1.29 is 0 Å². The van der Waals surface area contributed by atoms with Gasteiger partial charge in [-0.25, -0.2) is 0 Å². The molecule has 1 unspecified atom stereocenters. The van der Waals surface area contributed by atoms with E-state index in [9.17, 15) is 0 Å². The van der Waals surface area contributed by atoms with E-state index in [1.165, 1.54) is 45.3 Å². The molecule has 0 aromatic carbocycles. The molecule has 1 rings (SSSR count). The standard InChI is InChI=1S/C15H30N4/c1-4-9-17-15(16-3)18-10-5-6-11-19-12-7-8-14(2)13-19/h4,14H,1,5-13H2,2-3H3,(H2,16,17,18). The van der Waals surface area contributed by atoms with Crippen LogP contribution in [0, 0.1) is 5.92 Å². The predicted molar refractivity (Wildman–Crippen MR) is 83.6 cm³/mol. The van der Waals surface area contributed by atoms with E-state index >= 15 is 0 Å². The van der Waals surface area contributed by atoms with Crippen LogP contribution in [0.15, 0.2) is 17.6 Å². The molecule has 0 amide bonds. The van der Waals surface area contributed by atoms with Gasteiger partial charge in [0, 0.05) is 26.7 Å². The molecule has 19 heavy (non-hydrogen) atoms. The van der Waals surface area contributed by atoms with Crippen molar-refractivity contribution in [3.05, 3.63) is 12.7 Å². The Morgan fingerprint density at radius 3 is 2.95 bits per heavy atom. The molecular weight excluding hydrogens is 236 g/mol. The summed E-state index contributed by atoms with van der Waals surface area (Å²) in [5.74, 6) is 1.75. The van der Waals surface area contributed by atoms with Gasteiger partial charge in [0.15, 0.2) is 5.96 Å². The maximum absolute atomic E-state index is 4.16. The zero-order chi connectivity index (χ0) is 13.9. The van der Waals surface area contributed by atoms with Crippen LogP contribution in [0.3, 0.4) is 0 Å². The Morgan fingerprint density at radius 2 is 2.26 bits per heavy atom. The van der Waals surface area contributed by atoms with Gasteiger partial charge in [-0.1, -0.05) is 13.0 Å². The molecule has 0 aromatic heterocycles. The third-order valence-corrected chi connectivity index (χ3v) is 3.57. The van der Waals surface area contributed by atoms with E-state index in [2.05, 4.69) is 34.0 Å². The van der Waals surface area contributed by atoms with E-state index in [0.717, 1.165) is 25.0 Å². The molecule has 1 atom stereocenters. The highest BCUT2D eigenvalue weighted by Crippen LogP contribution is 2.15. The SMILES string of the molecule is C=CCNC(=NC)NCCCCN1CCCC(C)C1. The van der Waals surface area contributed by atoms with Gasteiger partial charge in [0.1, 0.15) is 0 Å². The number of nitrogens with zero attached hydrogens (tertiary/aromatic N) is 2. The first-order valence-corrected chi connectivity index (χ1v) is 7.54. The molecule has 1 saturated heterocycles. The molecule has 0 aliphatic carbocycles. The molecule has 0 spiro atoms. The second-order valence-corrected chi connectivity index (χ2v) is 5.42. The maximum Gasteiger partial charge on any atom is 0.191 e. The number of unbranched alkanes of at least 4 members (excludes halogenated alkanes) is 1. The molecule has 1 aliphatic rings. The highest BCUT2D eigenvalue weighted by Gasteiger charge is 2.15. The van der Waals surface area contributed by atoms with E-state index in [4.69, 9.17) is 0 Å². The second-order valence-electron chi connectivity index (χ2n) is 5.42. The normalized spacial score (nSPS) is 21.2. The van der Waals surface area contributed by atoms with Gasteiger partial charge in [-0.2, -0.15) is 0 Å². The van der Waals surface area contributed by atoms with Crippen molar-refractivity contribution in [2.45, 2.75) is 32.6 Å². The number of hydrogen-bond donors (Lipinski definition) is 2. The highest BCUT2D eigenvalue weighted by atomic mass is 15.2. The average molecular weight is 266 g/mol. The van der Waals surface area contributed by atoms with E-state index < -0.39 is 0 Å². The van der Waals surface area contributed by atoms with E-state index in [-0.39, 0.29) is 0 Å². The molecule has 0 saturated carbocycles. The Hall–Kier alpha value is -1.03. The molecule has 4 heteroatoms. The quantitative estimate of drug-likeness (QED) is 0.320. The van der Waals surface area contributed by atoms with E-state index in [1.807, 2.05) is 6.08 Å². The van der Waals surface area contributed by atoms with Crippen LogP contribution in [-0.2, 0) is 0 Å². The lowest BCUT2D eigenvalue weighted by Crippen LogP contribution is -2.38. The smallest absolute Gasteiger partial charge is 0.191 e. The Kier molecular flexibility index (Phi) is 8.30. The lowest BCUT2D eigenvalue weighted by Gasteiger charge is -2.30. The molecule has 1 heterocycles. The Labute approximate surface area is 118 Å². The van der Waals surface area contributed by atoms with Crippen LogP contribution in [0.1, 0.15) is 32.6 Å².